The van der Waals surface area contributed by atoms with E-state index in [2.05, 4.69) is 50.3 Å². The lowest BCUT2D eigenvalue weighted by Crippen LogP contribution is -2.60. The van der Waals surface area contributed by atoms with Gasteiger partial charge in [-0.05, 0) is 44.9 Å². The number of esters is 2. The Morgan fingerprint density at radius 1 is 0.530 bits per heavy atom. The predicted molar refractivity (Wildman–Crippen MR) is 266 cm³/mol. The average Bonchev–Trinajstić information content (AvgIpc) is 3.28. The Hall–Kier alpha value is -2.13. The van der Waals surface area contributed by atoms with Gasteiger partial charge in [-0.3, -0.25) is 14.1 Å². The molecule has 1 heterocycles. The third kappa shape index (κ3) is 36.9. The summed E-state index contributed by atoms with van der Waals surface area (Å²) >= 11 is 0. The van der Waals surface area contributed by atoms with Crippen LogP contribution in [0.1, 0.15) is 232 Å². The molecule has 0 saturated carbocycles. The second kappa shape index (κ2) is 42.9. The molecule has 66 heavy (non-hydrogen) atoms. The zero-order valence-electron chi connectivity index (χ0n) is 41.6. The molecular formula is C53H96O12S. The van der Waals surface area contributed by atoms with Crippen LogP contribution in [0.25, 0.3) is 0 Å². The number of carbonyl (C=O) groups excluding carboxylic acids is 2. The Balaban J connectivity index is 2.32. The highest BCUT2D eigenvalue weighted by Gasteiger charge is 2.46. The molecule has 2 unspecified atom stereocenters. The van der Waals surface area contributed by atoms with Gasteiger partial charge in [-0.25, -0.2) is 0 Å². The van der Waals surface area contributed by atoms with E-state index in [1.807, 2.05) is 0 Å². The van der Waals surface area contributed by atoms with Crippen LogP contribution < -0.4 is 0 Å². The minimum atomic E-state index is -4.61. The molecule has 6 atom stereocenters. The molecule has 386 valence electrons. The minimum absolute atomic E-state index is 0.146. The molecule has 1 fully saturated rings. The third-order valence-electron chi connectivity index (χ3n) is 12.2. The first kappa shape index (κ1) is 61.9. The molecule has 13 heteroatoms. The summed E-state index contributed by atoms with van der Waals surface area (Å²) < 4.78 is 54.2. The lowest BCUT2D eigenvalue weighted by molar-refractivity contribution is -0.297. The van der Waals surface area contributed by atoms with Crippen LogP contribution in [0.4, 0.5) is 0 Å². The molecule has 0 aromatic heterocycles. The molecule has 0 radical (unpaired) electrons. The van der Waals surface area contributed by atoms with Crippen LogP contribution in [0.5, 0.6) is 0 Å². The van der Waals surface area contributed by atoms with Gasteiger partial charge in [-0.1, -0.05) is 211 Å². The van der Waals surface area contributed by atoms with Crippen LogP contribution in [0, 0.1) is 0 Å². The first-order chi connectivity index (χ1) is 32.0. The number of rotatable bonds is 45. The molecule has 0 amide bonds. The molecule has 0 aromatic carbocycles. The maximum Gasteiger partial charge on any atom is 0.306 e. The molecule has 0 aromatic rings. The van der Waals surface area contributed by atoms with E-state index in [0.29, 0.717) is 12.8 Å². The molecule has 1 rings (SSSR count). The number of hydrogen-bond donors (Lipinski definition) is 4. The van der Waals surface area contributed by atoms with E-state index in [0.717, 1.165) is 70.6 Å². The summed E-state index contributed by atoms with van der Waals surface area (Å²) in [6.45, 7) is 3.67. The van der Waals surface area contributed by atoms with Gasteiger partial charge in [0.2, 0.25) is 0 Å². The molecule has 0 bridgehead atoms. The second-order valence-corrected chi connectivity index (χ2v) is 20.0. The van der Waals surface area contributed by atoms with Crippen molar-refractivity contribution < 1.29 is 56.8 Å². The van der Waals surface area contributed by atoms with E-state index in [1.54, 1.807) is 0 Å². The van der Waals surface area contributed by atoms with E-state index >= 15 is 0 Å². The number of allylic oxidation sites excluding steroid dienone is 6. The summed E-state index contributed by atoms with van der Waals surface area (Å²) in [5.74, 6) is -1.99. The van der Waals surface area contributed by atoms with Crippen molar-refractivity contribution in [2.24, 2.45) is 0 Å². The largest absolute Gasteiger partial charge is 0.462 e. The maximum absolute atomic E-state index is 12.9. The Labute approximate surface area is 401 Å². The number of aliphatic hydroxyl groups is 3. The van der Waals surface area contributed by atoms with Crippen LogP contribution in [0.15, 0.2) is 36.5 Å². The smallest absolute Gasteiger partial charge is 0.306 e. The van der Waals surface area contributed by atoms with Gasteiger partial charge in [-0.2, -0.15) is 8.42 Å². The Bertz CT molecular complexity index is 1350. The minimum Gasteiger partial charge on any atom is -0.462 e. The van der Waals surface area contributed by atoms with Gasteiger partial charge in [0.25, 0.3) is 10.1 Å². The molecule has 1 aliphatic heterocycles. The lowest BCUT2D eigenvalue weighted by Gasteiger charge is -2.40. The fraction of sp³-hybridized carbons (Fsp3) is 0.849. The number of aliphatic hydroxyl groups excluding tert-OH is 3. The summed E-state index contributed by atoms with van der Waals surface area (Å²) in [4.78, 5) is 25.5. The number of hydrogen-bond acceptors (Lipinski definition) is 11. The first-order valence-electron chi connectivity index (χ1n) is 26.5. The summed E-state index contributed by atoms with van der Waals surface area (Å²) in [5, 5.41) is 31.0. The number of unbranched alkanes of at least 4 members (excludes halogenated alkanes) is 27. The van der Waals surface area contributed by atoms with E-state index < -0.39 is 71.2 Å². The van der Waals surface area contributed by atoms with Crippen LogP contribution >= 0.6 is 0 Å². The van der Waals surface area contributed by atoms with Gasteiger partial charge >= 0.3 is 11.9 Å². The predicted octanol–water partition coefficient (Wildman–Crippen LogP) is 12.1. The normalized spacial score (nSPS) is 19.6. The Morgan fingerprint density at radius 2 is 0.955 bits per heavy atom. The quantitative estimate of drug-likeness (QED) is 0.0196. The van der Waals surface area contributed by atoms with Crippen molar-refractivity contribution in [2.45, 2.75) is 269 Å². The molecule has 1 saturated heterocycles. The topological polar surface area (TPSA) is 186 Å². The highest BCUT2D eigenvalue weighted by atomic mass is 32.2. The average molecular weight is 957 g/mol. The van der Waals surface area contributed by atoms with Crippen molar-refractivity contribution in [3.8, 4) is 0 Å². The van der Waals surface area contributed by atoms with Gasteiger partial charge < -0.3 is 34.3 Å². The van der Waals surface area contributed by atoms with E-state index in [-0.39, 0.29) is 19.4 Å². The van der Waals surface area contributed by atoms with Crippen molar-refractivity contribution in [1.82, 2.24) is 0 Å². The molecule has 12 nitrogen and oxygen atoms in total. The first-order valence-corrected chi connectivity index (χ1v) is 28.2. The standard InChI is InChI=1S/C53H96O12S/c1-3-5-7-9-11-13-15-17-19-20-21-22-23-24-25-26-28-29-31-33-35-37-39-41-48(54)62-43-46(44-63-53-52(58)51(57)50(56)47(65-53)45-66(59,60)61)64-49(55)42-40-38-36-34-32-30-27-18-16-14-12-10-8-6-4-2/h6,8,12,14,18,27,46-47,50-53,56-58H,3-5,7,9-11,13,15-17,19-26,28-45H2,1-2H3,(H,59,60,61)/b8-6+,14-12+,27-18+/t46-,47-,50-,51?,52?,53+/m1/s1. The summed E-state index contributed by atoms with van der Waals surface area (Å²) in [5.41, 5.74) is 0. The van der Waals surface area contributed by atoms with Crippen molar-refractivity contribution in [3.63, 3.8) is 0 Å². The Morgan fingerprint density at radius 3 is 1.42 bits per heavy atom. The zero-order chi connectivity index (χ0) is 48.4. The van der Waals surface area contributed by atoms with Gasteiger partial charge in [0.15, 0.2) is 12.4 Å². The van der Waals surface area contributed by atoms with Crippen molar-refractivity contribution in [1.29, 1.82) is 0 Å². The molecule has 0 spiro atoms. The number of carbonyl (C=O) groups is 2. The SMILES string of the molecule is CC/C=C/C/C=C/C/C=C/CCCCCCCC(=O)O[C@H](COC(=O)CCCCCCCCCCCCCCCCCCCCCCCCC)CO[C@H]1O[C@H](CS(=O)(=O)O)[C@@H](O)C(O)C1O. The van der Waals surface area contributed by atoms with Gasteiger partial charge in [0.05, 0.1) is 6.61 Å². The molecule has 0 aliphatic carbocycles. The Kier molecular flexibility index (Phi) is 40.3. The fourth-order valence-electron chi connectivity index (χ4n) is 8.16. The zero-order valence-corrected chi connectivity index (χ0v) is 42.4. The van der Waals surface area contributed by atoms with E-state index in [9.17, 15) is 37.9 Å². The third-order valence-corrected chi connectivity index (χ3v) is 13.0. The van der Waals surface area contributed by atoms with Crippen LogP contribution in [0.2, 0.25) is 0 Å². The second-order valence-electron chi connectivity index (χ2n) is 18.5. The highest BCUT2D eigenvalue weighted by Crippen LogP contribution is 2.24. The van der Waals surface area contributed by atoms with E-state index in [1.165, 1.54) is 122 Å². The van der Waals surface area contributed by atoms with Crippen molar-refractivity contribution >= 4 is 22.1 Å². The van der Waals surface area contributed by atoms with E-state index in [4.69, 9.17) is 18.9 Å². The van der Waals surface area contributed by atoms with Crippen LogP contribution in [0.3, 0.4) is 0 Å². The van der Waals surface area contributed by atoms with Crippen LogP contribution in [-0.2, 0) is 38.7 Å². The van der Waals surface area contributed by atoms with Gasteiger partial charge in [0, 0.05) is 12.8 Å². The van der Waals surface area contributed by atoms with Crippen LogP contribution in [-0.4, -0.2) is 96.0 Å². The number of ether oxygens (including phenoxy) is 4. The molecule has 4 N–H and O–H groups in total. The molecule has 1 aliphatic rings. The summed E-state index contributed by atoms with van der Waals surface area (Å²) in [6.07, 6.45) is 42.0. The summed E-state index contributed by atoms with van der Waals surface area (Å²) in [6, 6.07) is 0. The fourth-order valence-corrected chi connectivity index (χ4v) is 8.85. The monoisotopic (exact) mass is 957 g/mol. The summed E-state index contributed by atoms with van der Waals surface area (Å²) in [7, 11) is -4.61. The van der Waals surface area contributed by atoms with Crippen molar-refractivity contribution in [2.75, 3.05) is 19.0 Å². The highest BCUT2D eigenvalue weighted by molar-refractivity contribution is 7.85. The molecular weight excluding hydrogens is 861 g/mol. The lowest BCUT2D eigenvalue weighted by atomic mass is 10.00. The maximum atomic E-state index is 12.9. The van der Waals surface area contributed by atoms with Gasteiger partial charge in [-0.15, -0.1) is 0 Å². The van der Waals surface area contributed by atoms with Gasteiger partial charge in [0.1, 0.15) is 36.8 Å². The van der Waals surface area contributed by atoms with Crippen molar-refractivity contribution in [3.05, 3.63) is 36.5 Å².